The molecule has 0 spiro atoms. The van der Waals surface area contributed by atoms with Crippen molar-refractivity contribution in [1.82, 2.24) is 24.9 Å². The predicted octanol–water partition coefficient (Wildman–Crippen LogP) is 5.45. The molecule has 2 aromatic carbocycles. The van der Waals surface area contributed by atoms with Crippen molar-refractivity contribution in [2.45, 2.75) is 93.7 Å². The van der Waals surface area contributed by atoms with Gasteiger partial charge in [0, 0.05) is 29.6 Å². The SMILES string of the molecule is COc1ccc2c(O[C@@H]3C[C@H]4C(=O)N[C@]5(C(=O)NS(=O)(=O)C6CC6)C[C@@H]5/C=C\CCCCC[C@H](Nc5ccccc5)C(=O)N4C3)nc(-c3ccccn3)cc2c1C. The zero-order valence-electron chi connectivity index (χ0n) is 32.1. The highest BCUT2D eigenvalue weighted by Gasteiger charge is 2.62. The van der Waals surface area contributed by atoms with Gasteiger partial charge in [0.15, 0.2) is 0 Å². The second-order valence-corrected chi connectivity index (χ2v) is 17.5. The van der Waals surface area contributed by atoms with Crippen molar-refractivity contribution in [3.05, 3.63) is 90.6 Å². The number of pyridine rings is 2. The highest BCUT2D eigenvalue weighted by Crippen LogP contribution is 2.46. The highest BCUT2D eigenvalue weighted by molar-refractivity contribution is 7.91. The number of benzene rings is 2. The maximum absolute atomic E-state index is 14.8. The molecule has 0 bridgehead atoms. The number of ether oxygens (including phenoxy) is 2. The van der Waals surface area contributed by atoms with Crippen molar-refractivity contribution in [3.8, 4) is 23.0 Å². The second kappa shape index (κ2) is 15.8. The number of anilines is 1. The average molecular weight is 793 g/mol. The van der Waals surface area contributed by atoms with Crippen molar-refractivity contribution >= 4 is 44.2 Å². The van der Waals surface area contributed by atoms with Crippen molar-refractivity contribution in [3.63, 3.8) is 0 Å². The monoisotopic (exact) mass is 792 g/mol. The van der Waals surface area contributed by atoms with E-state index < -0.39 is 56.7 Å². The van der Waals surface area contributed by atoms with E-state index in [2.05, 4.69) is 20.3 Å². The Morgan fingerprint density at radius 1 is 0.965 bits per heavy atom. The zero-order chi connectivity index (χ0) is 39.7. The Bertz CT molecular complexity index is 2300. The van der Waals surface area contributed by atoms with Gasteiger partial charge in [0.1, 0.15) is 29.5 Å². The maximum atomic E-state index is 14.8. The van der Waals surface area contributed by atoms with Crippen LogP contribution in [0.3, 0.4) is 0 Å². The predicted molar refractivity (Wildman–Crippen MR) is 216 cm³/mol. The van der Waals surface area contributed by atoms with Crippen molar-refractivity contribution in [2.75, 3.05) is 19.0 Å². The van der Waals surface area contributed by atoms with Crippen LogP contribution in [0, 0.1) is 12.8 Å². The third kappa shape index (κ3) is 8.05. The fourth-order valence-corrected chi connectivity index (χ4v) is 9.48. The molecular weight excluding hydrogens is 745 g/mol. The molecule has 2 aliphatic heterocycles. The number of hydrogen-bond acceptors (Lipinski definition) is 10. The second-order valence-electron chi connectivity index (χ2n) is 15.6. The van der Waals surface area contributed by atoms with Gasteiger partial charge in [-0.3, -0.25) is 24.1 Å². The molecular formula is C43H48N6O7S. The highest BCUT2D eigenvalue weighted by atomic mass is 32.2. The first kappa shape index (κ1) is 38.4. The summed E-state index contributed by atoms with van der Waals surface area (Å²) < 4.78 is 40.5. The first-order valence-electron chi connectivity index (χ1n) is 19.8. The summed E-state index contributed by atoms with van der Waals surface area (Å²) in [6.45, 7) is 2.04. The van der Waals surface area contributed by atoms with Crippen LogP contribution in [-0.4, -0.2) is 83.6 Å². The molecule has 14 heteroatoms. The van der Waals surface area contributed by atoms with E-state index in [1.54, 1.807) is 18.2 Å². The summed E-state index contributed by atoms with van der Waals surface area (Å²) in [7, 11) is -2.25. The van der Waals surface area contributed by atoms with Gasteiger partial charge in [-0.05, 0) is 98.9 Å². The van der Waals surface area contributed by atoms with E-state index >= 15 is 0 Å². The Labute approximate surface area is 332 Å². The van der Waals surface area contributed by atoms with Crippen LogP contribution < -0.4 is 24.8 Å². The first-order chi connectivity index (χ1) is 27.6. The van der Waals surface area contributed by atoms with Gasteiger partial charge in [-0.2, -0.15) is 0 Å². The Kier molecular flexibility index (Phi) is 10.6. The number of para-hydroxylation sites is 1. The number of carbonyl (C=O) groups is 3. The number of nitrogens with one attached hydrogen (secondary N) is 3. The molecule has 2 saturated carbocycles. The van der Waals surface area contributed by atoms with E-state index in [4.69, 9.17) is 14.5 Å². The van der Waals surface area contributed by atoms with Crippen LogP contribution in [0.25, 0.3) is 22.2 Å². The molecule has 4 aromatic rings. The lowest BCUT2D eigenvalue weighted by Gasteiger charge is -2.30. The van der Waals surface area contributed by atoms with Gasteiger partial charge in [0.2, 0.25) is 27.7 Å². The van der Waals surface area contributed by atoms with Gasteiger partial charge in [-0.25, -0.2) is 13.4 Å². The number of fused-ring (bicyclic) bond motifs is 3. The smallest absolute Gasteiger partial charge is 0.259 e. The van der Waals surface area contributed by atoms with E-state index in [0.717, 1.165) is 47.7 Å². The lowest BCUT2D eigenvalue weighted by molar-refractivity contribution is -0.140. The molecule has 57 heavy (non-hydrogen) atoms. The largest absolute Gasteiger partial charge is 0.496 e. The topological polar surface area (TPSA) is 169 Å². The molecule has 3 amide bonds. The molecule has 1 saturated heterocycles. The molecule has 0 unspecified atom stereocenters. The van der Waals surface area contributed by atoms with Gasteiger partial charge in [0.25, 0.3) is 5.91 Å². The molecule has 4 heterocycles. The van der Waals surface area contributed by atoms with Gasteiger partial charge in [-0.15, -0.1) is 0 Å². The molecule has 13 nitrogen and oxygen atoms in total. The quantitative estimate of drug-likeness (QED) is 0.186. The van der Waals surface area contributed by atoms with E-state index in [1.165, 1.54) is 0 Å². The minimum atomic E-state index is -3.87. The first-order valence-corrected chi connectivity index (χ1v) is 21.3. The molecule has 298 valence electrons. The molecule has 3 fully saturated rings. The van der Waals surface area contributed by atoms with Crippen LogP contribution in [0.5, 0.6) is 11.6 Å². The van der Waals surface area contributed by atoms with E-state index in [0.29, 0.717) is 42.3 Å². The number of allylic oxidation sites excluding steroid dienone is 1. The lowest BCUT2D eigenvalue weighted by Crippen LogP contribution is -2.57. The maximum Gasteiger partial charge on any atom is 0.259 e. The van der Waals surface area contributed by atoms with Crippen molar-refractivity contribution < 1.29 is 32.3 Å². The molecule has 3 N–H and O–H groups in total. The number of methoxy groups -OCH3 is 1. The Morgan fingerprint density at radius 3 is 2.53 bits per heavy atom. The fourth-order valence-electron chi connectivity index (χ4n) is 8.12. The summed E-state index contributed by atoms with van der Waals surface area (Å²) in [5.74, 6) is -0.919. The standard InChI is InChI=1S/C43H48N6O7S/c1-27-33-24-36(34-16-11-12-22-44-34)46-40(32(33)20-21-38(27)55-2)56-30-23-37-39(50)47-43(42(52)48-57(53,54)31-18-19-31)25-28(43)13-7-4-3-5-10-17-35(41(51)49(37)26-30)45-29-14-8-6-9-15-29/h6-9,11-16,20-22,24,28,30-31,35,37,45H,3-5,10,17-19,23,25-26H2,1-2H3,(H,47,50)(H,48,52)/b13-7-/t28-,30+,35-,37-,43+/m0/s1. The van der Waals surface area contributed by atoms with Crippen LogP contribution >= 0.6 is 0 Å². The van der Waals surface area contributed by atoms with Crippen LogP contribution in [0.2, 0.25) is 0 Å². The average Bonchev–Trinajstić information content (AvgIpc) is 4.14. The minimum absolute atomic E-state index is 0.0780. The molecule has 8 rings (SSSR count). The molecule has 0 radical (unpaired) electrons. The summed E-state index contributed by atoms with van der Waals surface area (Å²) >= 11 is 0. The number of hydrogen-bond donors (Lipinski definition) is 3. The van der Waals surface area contributed by atoms with E-state index in [9.17, 15) is 22.8 Å². The number of sulfonamides is 1. The number of carbonyl (C=O) groups excluding carboxylic acids is 3. The summed E-state index contributed by atoms with van der Waals surface area (Å²) in [6.07, 6.45) is 10.1. The third-order valence-electron chi connectivity index (χ3n) is 11.6. The Balaban J connectivity index is 1.15. The summed E-state index contributed by atoms with van der Waals surface area (Å²) in [5, 5.41) is 7.38. The minimum Gasteiger partial charge on any atom is -0.496 e. The fraction of sp³-hybridized carbons (Fsp3) is 0.419. The van der Waals surface area contributed by atoms with Crippen LogP contribution in [0.15, 0.2) is 85.1 Å². The summed E-state index contributed by atoms with van der Waals surface area (Å²) in [4.78, 5) is 54.2. The Morgan fingerprint density at radius 2 is 1.77 bits per heavy atom. The lowest BCUT2D eigenvalue weighted by atomic mass is 10.0. The molecule has 2 aliphatic carbocycles. The molecule has 2 aromatic heterocycles. The Hall–Kier alpha value is -5.50. The van der Waals surface area contributed by atoms with Gasteiger partial charge >= 0.3 is 0 Å². The normalized spacial score (nSPS) is 25.9. The summed E-state index contributed by atoms with van der Waals surface area (Å²) in [5.41, 5.74) is 1.45. The van der Waals surface area contributed by atoms with Crippen LogP contribution in [0.1, 0.15) is 63.4 Å². The summed E-state index contributed by atoms with van der Waals surface area (Å²) in [6, 6.07) is 19.1. The van der Waals surface area contributed by atoms with Gasteiger partial charge < -0.3 is 25.0 Å². The van der Waals surface area contributed by atoms with Crippen molar-refractivity contribution in [1.29, 1.82) is 0 Å². The zero-order valence-corrected chi connectivity index (χ0v) is 33.0. The van der Waals surface area contributed by atoms with Gasteiger partial charge in [-0.1, -0.05) is 49.3 Å². The number of nitrogens with zero attached hydrogens (tertiary/aromatic N) is 3. The number of aryl methyl sites for hydroxylation is 1. The number of amides is 3. The number of aromatic nitrogens is 2. The van der Waals surface area contributed by atoms with Crippen LogP contribution in [-0.2, 0) is 24.4 Å². The number of rotatable bonds is 9. The third-order valence-corrected chi connectivity index (χ3v) is 13.4. The van der Waals surface area contributed by atoms with Gasteiger partial charge in [0.05, 0.1) is 30.3 Å². The molecule has 4 aliphatic rings. The van der Waals surface area contributed by atoms with E-state index in [1.807, 2.05) is 85.8 Å². The van der Waals surface area contributed by atoms with Crippen molar-refractivity contribution in [2.24, 2.45) is 5.92 Å². The van der Waals surface area contributed by atoms with Crippen LogP contribution in [0.4, 0.5) is 5.69 Å². The molecule has 5 atom stereocenters. The van der Waals surface area contributed by atoms with E-state index in [-0.39, 0.29) is 25.3 Å².